The van der Waals surface area contributed by atoms with Gasteiger partial charge in [0.15, 0.2) is 0 Å². The Morgan fingerprint density at radius 2 is 1.81 bits per heavy atom. The third-order valence-electron chi connectivity index (χ3n) is 4.72. The number of rotatable bonds is 0. The standard InChI is InChI=1S/C20H21B/c1-5-14-8-6-7-9-16(14)19-13(2)20(3,4)18-12-15(21)10-11-17(18)19/h5-12H,2,21H2,1,3-4H3/b14-5-,19-16+. The van der Waals surface area contributed by atoms with Crippen molar-refractivity contribution in [2.75, 3.05) is 0 Å². The lowest BCUT2D eigenvalue weighted by Gasteiger charge is -2.21. The third kappa shape index (κ3) is 2.00. The summed E-state index contributed by atoms with van der Waals surface area (Å²) < 4.78 is 0. The molecule has 0 aliphatic heterocycles. The van der Waals surface area contributed by atoms with Gasteiger partial charge in [-0.15, -0.1) is 0 Å². The van der Waals surface area contributed by atoms with Gasteiger partial charge in [0.2, 0.25) is 0 Å². The van der Waals surface area contributed by atoms with Gasteiger partial charge in [0.05, 0.1) is 0 Å². The molecule has 104 valence electrons. The highest BCUT2D eigenvalue weighted by Crippen LogP contribution is 2.46. The van der Waals surface area contributed by atoms with E-state index >= 15 is 0 Å². The van der Waals surface area contributed by atoms with Crippen LogP contribution >= 0.6 is 0 Å². The van der Waals surface area contributed by atoms with Gasteiger partial charge in [-0.2, -0.15) is 0 Å². The minimum absolute atomic E-state index is 0.00244. The van der Waals surface area contributed by atoms with Crippen LogP contribution in [0.4, 0.5) is 0 Å². The highest BCUT2D eigenvalue weighted by Gasteiger charge is 2.37. The summed E-state index contributed by atoms with van der Waals surface area (Å²) in [5.74, 6) is 0. The van der Waals surface area contributed by atoms with E-state index in [4.69, 9.17) is 0 Å². The van der Waals surface area contributed by atoms with Crippen LogP contribution in [0.2, 0.25) is 0 Å². The molecule has 2 aromatic carbocycles. The predicted molar refractivity (Wildman–Crippen MR) is 95.1 cm³/mol. The Hall–Kier alpha value is -2.02. The molecule has 2 aromatic rings. The fourth-order valence-electron chi connectivity index (χ4n) is 3.31. The summed E-state index contributed by atoms with van der Waals surface area (Å²) in [6, 6.07) is 15.4. The molecule has 0 saturated carbocycles. The summed E-state index contributed by atoms with van der Waals surface area (Å²) in [6.07, 6.45) is 2.18. The Bertz CT molecular complexity index is 854. The lowest BCUT2D eigenvalue weighted by Crippen LogP contribution is -2.27. The fraction of sp³-hybridized carbons (Fsp3) is 0.200. The summed E-state index contributed by atoms with van der Waals surface area (Å²) in [4.78, 5) is 0. The molecule has 0 bridgehead atoms. The smallest absolute Gasteiger partial charge is 0.0943 e. The molecule has 0 aromatic heterocycles. The van der Waals surface area contributed by atoms with Crippen molar-refractivity contribution in [2.24, 2.45) is 0 Å². The molecule has 1 aliphatic rings. The van der Waals surface area contributed by atoms with Crippen molar-refractivity contribution in [2.45, 2.75) is 26.2 Å². The molecule has 0 nitrogen and oxygen atoms in total. The summed E-state index contributed by atoms with van der Waals surface area (Å²) in [7, 11) is 2.16. The van der Waals surface area contributed by atoms with Gasteiger partial charge < -0.3 is 0 Å². The van der Waals surface area contributed by atoms with E-state index in [1.807, 2.05) is 0 Å². The first-order valence-electron chi connectivity index (χ1n) is 7.53. The van der Waals surface area contributed by atoms with E-state index in [1.54, 1.807) is 0 Å². The zero-order valence-electron chi connectivity index (χ0n) is 13.3. The van der Waals surface area contributed by atoms with E-state index < -0.39 is 0 Å². The Morgan fingerprint density at radius 3 is 2.52 bits per heavy atom. The second-order valence-electron chi connectivity index (χ2n) is 6.40. The van der Waals surface area contributed by atoms with Crippen molar-refractivity contribution >= 4 is 25.0 Å². The van der Waals surface area contributed by atoms with Gasteiger partial charge >= 0.3 is 0 Å². The topological polar surface area (TPSA) is 0 Å². The zero-order valence-corrected chi connectivity index (χ0v) is 13.3. The second kappa shape index (κ2) is 4.77. The molecule has 0 N–H and O–H groups in total. The average Bonchev–Trinajstić information content (AvgIpc) is 2.67. The first-order valence-corrected chi connectivity index (χ1v) is 7.53. The Balaban J connectivity index is 2.51. The maximum absolute atomic E-state index is 4.43. The number of hydrogen-bond acceptors (Lipinski definition) is 0. The van der Waals surface area contributed by atoms with Crippen molar-refractivity contribution in [1.29, 1.82) is 0 Å². The van der Waals surface area contributed by atoms with Crippen molar-refractivity contribution in [1.82, 2.24) is 0 Å². The van der Waals surface area contributed by atoms with Crippen molar-refractivity contribution < 1.29 is 0 Å². The van der Waals surface area contributed by atoms with Crippen molar-refractivity contribution in [3.8, 4) is 0 Å². The molecule has 3 rings (SSSR count). The van der Waals surface area contributed by atoms with E-state index in [0.717, 1.165) is 0 Å². The quantitative estimate of drug-likeness (QED) is 0.641. The van der Waals surface area contributed by atoms with Crippen LogP contribution in [0, 0.1) is 0 Å². The van der Waals surface area contributed by atoms with Crippen LogP contribution in [-0.4, -0.2) is 7.85 Å². The Morgan fingerprint density at radius 1 is 1.10 bits per heavy atom. The number of benzene rings is 2. The molecule has 0 spiro atoms. The number of allylic oxidation sites excluding steroid dienone is 1. The van der Waals surface area contributed by atoms with Gasteiger partial charge in [0.25, 0.3) is 0 Å². The molecular weight excluding hydrogens is 251 g/mol. The molecular formula is C20H21B. The SMILES string of the molecule is Bc1ccc2c(c1)C(C)(C)C(=C)/C2=c1/cccc/c1=C/C. The lowest BCUT2D eigenvalue weighted by atomic mass is 9.81. The summed E-state index contributed by atoms with van der Waals surface area (Å²) in [6.45, 7) is 11.1. The molecule has 0 saturated heterocycles. The predicted octanol–water partition coefficient (Wildman–Crippen LogP) is 1.79. The van der Waals surface area contributed by atoms with Crippen LogP contribution in [0.1, 0.15) is 31.9 Å². The van der Waals surface area contributed by atoms with Crippen molar-refractivity contribution in [3.63, 3.8) is 0 Å². The van der Waals surface area contributed by atoms with Gasteiger partial charge in [-0.1, -0.05) is 74.4 Å². The monoisotopic (exact) mass is 272 g/mol. The maximum Gasteiger partial charge on any atom is 0.139 e. The van der Waals surface area contributed by atoms with E-state index in [9.17, 15) is 0 Å². The largest absolute Gasteiger partial charge is 0.139 e. The highest BCUT2D eigenvalue weighted by atomic mass is 14.4. The van der Waals surface area contributed by atoms with Gasteiger partial charge in [-0.3, -0.25) is 0 Å². The minimum Gasteiger partial charge on any atom is -0.0943 e. The fourth-order valence-corrected chi connectivity index (χ4v) is 3.31. The first kappa shape index (κ1) is 13.9. The molecule has 0 radical (unpaired) electrons. The maximum atomic E-state index is 4.43. The van der Waals surface area contributed by atoms with E-state index in [2.05, 4.69) is 83.7 Å². The van der Waals surface area contributed by atoms with Crippen LogP contribution in [-0.2, 0) is 5.41 Å². The molecule has 0 unspecified atom stereocenters. The van der Waals surface area contributed by atoms with Crippen LogP contribution in [0.25, 0.3) is 11.6 Å². The van der Waals surface area contributed by atoms with Crippen molar-refractivity contribution in [3.05, 3.63) is 76.2 Å². The molecule has 1 aliphatic carbocycles. The highest BCUT2D eigenvalue weighted by molar-refractivity contribution is 6.32. The second-order valence-corrected chi connectivity index (χ2v) is 6.40. The minimum atomic E-state index is -0.00244. The first-order chi connectivity index (χ1) is 9.96. The van der Waals surface area contributed by atoms with Crippen LogP contribution in [0.3, 0.4) is 0 Å². The lowest BCUT2D eigenvalue weighted by molar-refractivity contribution is 0.663. The number of hydrogen-bond donors (Lipinski definition) is 0. The van der Waals surface area contributed by atoms with Gasteiger partial charge in [0.1, 0.15) is 7.85 Å². The van der Waals surface area contributed by atoms with E-state index in [-0.39, 0.29) is 5.41 Å². The summed E-state index contributed by atoms with van der Waals surface area (Å²) in [5, 5.41) is 2.57. The molecule has 0 fully saturated rings. The molecule has 0 atom stereocenters. The Labute approximate surface area is 127 Å². The van der Waals surface area contributed by atoms with E-state index in [1.165, 1.54) is 38.2 Å². The third-order valence-corrected chi connectivity index (χ3v) is 4.72. The van der Waals surface area contributed by atoms with Crippen LogP contribution in [0.15, 0.2) is 54.6 Å². The van der Waals surface area contributed by atoms with Gasteiger partial charge in [-0.05, 0) is 39.6 Å². The molecule has 0 heterocycles. The molecule has 1 heteroatoms. The molecule has 0 amide bonds. The average molecular weight is 272 g/mol. The van der Waals surface area contributed by atoms with Gasteiger partial charge in [-0.25, -0.2) is 0 Å². The summed E-state index contributed by atoms with van der Waals surface area (Å²) in [5.41, 5.74) is 6.57. The van der Waals surface area contributed by atoms with E-state index in [0.29, 0.717) is 0 Å². The Kier molecular flexibility index (Phi) is 3.17. The van der Waals surface area contributed by atoms with Crippen LogP contribution < -0.4 is 15.9 Å². The van der Waals surface area contributed by atoms with Gasteiger partial charge in [0, 0.05) is 5.41 Å². The number of fused-ring (bicyclic) bond motifs is 1. The zero-order chi connectivity index (χ0) is 15.2. The normalized spacial score (nSPS) is 19.8. The molecule has 21 heavy (non-hydrogen) atoms. The van der Waals surface area contributed by atoms with Crippen LogP contribution in [0.5, 0.6) is 0 Å². The summed E-state index contributed by atoms with van der Waals surface area (Å²) >= 11 is 0.